The zero-order chi connectivity index (χ0) is 12.3. The second kappa shape index (κ2) is 5.29. The van der Waals surface area contributed by atoms with Gasteiger partial charge in [0.1, 0.15) is 5.75 Å². The monoisotopic (exact) mass is 267 g/mol. The van der Waals surface area contributed by atoms with Crippen molar-refractivity contribution in [1.82, 2.24) is 4.98 Å². The van der Waals surface area contributed by atoms with Crippen molar-refractivity contribution in [2.75, 3.05) is 18.6 Å². The fraction of sp³-hybridized carbons (Fsp3) is 0.182. The number of nitrogen functional groups attached to an aromatic ring is 2. The van der Waals surface area contributed by atoms with E-state index in [0.717, 1.165) is 22.1 Å². The molecule has 17 heavy (non-hydrogen) atoms. The zero-order valence-electron chi connectivity index (χ0n) is 9.34. The van der Waals surface area contributed by atoms with Crippen LogP contribution in [0.15, 0.2) is 28.5 Å². The predicted molar refractivity (Wildman–Crippen MR) is 73.5 cm³/mol. The highest BCUT2D eigenvalue weighted by molar-refractivity contribution is 7.98. The van der Waals surface area contributed by atoms with Gasteiger partial charge in [-0.05, 0) is 12.1 Å². The second-order valence-electron chi connectivity index (χ2n) is 3.38. The van der Waals surface area contributed by atoms with E-state index in [0.29, 0.717) is 10.8 Å². The molecule has 0 amide bonds. The van der Waals surface area contributed by atoms with E-state index in [2.05, 4.69) is 4.98 Å². The summed E-state index contributed by atoms with van der Waals surface area (Å²) in [6.07, 6.45) is 0. The molecule has 0 saturated heterocycles. The molecule has 0 radical (unpaired) electrons. The van der Waals surface area contributed by atoms with E-state index < -0.39 is 0 Å². The lowest BCUT2D eigenvalue weighted by molar-refractivity contribution is 0.405. The van der Waals surface area contributed by atoms with Gasteiger partial charge in [-0.1, -0.05) is 0 Å². The Kier molecular flexibility index (Phi) is 3.75. The highest BCUT2D eigenvalue weighted by Gasteiger charge is 2.06. The Morgan fingerprint density at radius 1 is 1.41 bits per heavy atom. The highest BCUT2D eigenvalue weighted by atomic mass is 32.2. The van der Waals surface area contributed by atoms with Crippen LogP contribution in [0.5, 0.6) is 5.75 Å². The van der Waals surface area contributed by atoms with Crippen LogP contribution < -0.4 is 16.2 Å². The van der Waals surface area contributed by atoms with Crippen molar-refractivity contribution >= 4 is 33.9 Å². The van der Waals surface area contributed by atoms with Gasteiger partial charge in [-0.3, -0.25) is 0 Å². The summed E-state index contributed by atoms with van der Waals surface area (Å²) in [4.78, 5) is 5.26. The lowest BCUT2D eigenvalue weighted by Gasteiger charge is -2.07. The van der Waals surface area contributed by atoms with E-state index in [1.165, 1.54) is 11.3 Å². The molecule has 0 spiro atoms. The summed E-state index contributed by atoms with van der Waals surface area (Å²) in [5.74, 6) is 1.56. The number of methoxy groups -OCH3 is 1. The van der Waals surface area contributed by atoms with Crippen LogP contribution >= 0.6 is 23.1 Å². The van der Waals surface area contributed by atoms with Crippen LogP contribution in [-0.4, -0.2) is 12.1 Å². The van der Waals surface area contributed by atoms with Crippen molar-refractivity contribution < 1.29 is 4.74 Å². The van der Waals surface area contributed by atoms with E-state index in [-0.39, 0.29) is 0 Å². The Morgan fingerprint density at radius 2 is 2.24 bits per heavy atom. The molecule has 1 aromatic carbocycles. The number of aromatic nitrogens is 1. The van der Waals surface area contributed by atoms with Crippen LogP contribution in [0.25, 0.3) is 0 Å². The smallest absolute Gasteiger partial charge is 0.180 e. The topological polar surface area (TPSA) is 74.2 Å². The zero-order valence-corrected chi connectivity index (χ0v) is 11.0. The van der Waals surface area contributed by atoms with E-state index >= 15 is 0 Å². The van der Waals surface area contributed by atoms with E-state index in [1.807, 2.05) is 23.6 Å². The second-order valence-corrected chi connectivity index (χ2v) is 5.28. The predicted octanol–water partition coefficient (Wildman–Crippen LogP) is 2.61. The Bertz CT molecular complexity index is 513. The average Bonchev–Trinajstić information content (AvgIpc) is 2.73. The summed E-state index contributed by atoms with van der Waals surface area (Å²) in [5.41, 5.74) is 13.0. The van der Waals surface area contributed by atoms with Gasteiger partial charge in [0, 0.05) is 27.8 Å². The number of rotatable bonds is 4. The third kappa shape index (κ3) is 3.04. The number of thiazole rings is 1. The minimum Gasteiger partial charge on any atom is -0.496 e. The Hall–Kier alpha value is -1.40. The van der Waals surface area contributed by atoms with E-state index in [9.17, 15) is 0 Å². The van der Waals surface area contributed by atoms with Gasteiger partial charge in [0.05, 0.1) is 12.8 Å². The van der Waals surface area contributed by atoms with Gasteiger partial charge in [-0.25, -0.2) is 4.98 Å². The first-order valence-corrected chi connectivity index (χ1v) is 6.82. The Morgan fingerprint density at radius 3 is 2.88 bits per heavy atom. The fourth-order valence-corrected chi connectivity index (χ4v) is 2.91. The molecule has 0 atom stereocenters. The maximum atomic E-state index is 5.70. The van der Waals surface area contributed by atoms with Crippen LogP contribution in [0, 0.1) is 0 Å². The summed E-state index contributed by atoms with van der Waals surface area (Å²) in [7, 11) is 1.64. The van der Waals surface area contributed by atoms with Crippen molar-refractivity contribution in [2.24, 2.45) is 0 Å². The molecule has 90 valence electrons. The normalized spacial score (nSPS) is 10.4. The van der Waals surface area contributed by atoms with Gasteiger partial charge in [0.25, 0.3) is 0 Å². The van der Waals surface area contributed by atoms with Crippen molar-refractivity contribution in [1.29, 1.82) is 0 Å². The molecule has 0 bridgehead atoms. The van der Waals surface area contributed by atoms with Gasteiger partial charge >= 0.3 is 0 Å². The first-order valence-electron chi connectivity index (χ1n) is 4.95. The minimum absolute atomic E-state index is 0.602. The molecule has 0 aliphatic carbocycles. The summed E-state index contributed by atoms with van der Waals surface area (Å²) in [6, 6.07) is 5.63. The summed E-state index contributed by atoms with van der Waals surface area (Å²) >= 11 is 3.11. The largest absolute Gasteiger partial charge is 0.496 e. The van der Waals surface area contributed by atoms with Crippen LogP contribution in [-0.2, 0) is 5.75 Å². The molecular formula is C11H13N3OS2. The molecule has 2 aromatic rings. The van der Waals surface area contributed by atoms with E-state index in [4.69, 9.17) is 16.2 Å². The maximum Gasteiger partial charge on any atom is 0.180 e. The number of anilines is 2. The van der Waals surface area contributed by atoms with E-state index in [1.54, 1.807) is 18.9 Å². The van der Waals surface area contributed by atoms with Crippen molar-refractivity contribution in [3.05, 3.63) is 29.3 Å². The number of benzene rings is 1. The van der Waals surface area contributed by atoms with Crippen molar-refractivity contribution in [3.8, 4) is 5.75 Å². The summed E-state index contributed by atoms with van der Waals surface area (Å²) < 4.78 is 5.28. The van der Waals surface area contributed by atoms with Gasteiger partial charge < -0.3 is 16.2 Å². The Balaban J connectivity index is 2.08. The van der Waals surface area contributed by atoms with Crippen molar-refractivity contribution in [3.63, 3.8) is 0 Å². The summed E-state index contributed by atoms with van der Waals surface area (Å²) in [5, 5.41) is 2.57. The van der Waals surface area contributed by atoms with Gasteiger partial charge in [-0.15, -0.1) is 23.1 Å². The summed E-state index contributed by atoms with van der Waals surface area (Å²) in [6.45, 7) is 0. The Labute approximate surface area is 108 Å². The number of nitrogens with zero attached hydrogens (tertiary/aromatic N) is 1. The fourth-order valence-electron chi connectivity index (χ4n) is 1.34. The number of nitrogens with two attached hydrogens (primary N) is 2. The first-order chi connectivity index (χ1) is 8.19. The molecule has 0 fully saturated rings. The first kappa shape index (κ1) is 12.1. The van der Waals surface area contributed by atoms with Crippen LogP contribution in [0.4, 0.5) is 10.8 Å². The molecule has 2 rings (SSSR count). The molecule has 0 saturated carbocycles. The molecule has 0 unspecified atom stereocenters. The number of hydrogen-bond acceptors (Lipinski definition) is 6. The number of hydrogen-bond donors (Lipinski definition) is 2. The van der Waals surface area contributed by atoms with Crippen LogP contribution in [0.1, 0.15) is 5.69 Å². The molecule has 4 N–H and O–H groups in total. The third-order valence-corrected chi connectivity index (χ3v) is 3.94. The number of thioether (sulfide) groups is 1. The molecule has 1 heterocycles. The highest BCUT2D eigenvalue weighted by Crippen LogP contribution is 2.33. The maximum absolute atomic E-state index is 5.70. The minimum atomic E-state index is 0.602. The van der Waals surface area contributed by atoms with Gasteiger partial charge in [-0.2, -0.15) is 0 Å². The third-order valence-electron chi connectivity index (χ3n) is 2.13. The molecular weight excluding hydrogens is 254 g/mol. The lowest BCUT2D eigenvalue weighted by atomic mass is 10.3. The van der Waals surface area contributed by atoms with Gasteiger partial charge in [0.15, 0.2) is 5.13 Å². The lowest BCUT2D eigenvalue weighted by Crippen LogP contribution is -1.91. The molecule has 0 aliphatic heterocycles. The SMILES string of the molecule is COc1cc(N)ccc1SCc1csc(N)n1. The standard InChI is InChI=1S/C11H13N3OS2/c1-15-9-4-7(12)2-3-10(9)16-5-8-6-17-11(13)14-8/h2-4,6H,5,12H2,1H3,(H2,13,14). The molecule has 0 aliphatic rings. The van der Waals surface area contributed by atoms with Crippen LogP contribution in [0.2, 0.25) is 0 Å². The quantitative estimate of drug-likeness (QED) is 0.658. The van der Waals surface area contributed by atoms with Crippen LogP contribution in [0.3, 0.4) is 0 Å². The average molecular weight is 267 g/mol. The van der Waals surface area contributed by atoms with Gasteiger partial charge in [0.2, 0.25) is 0 Å². The molecule has 4 nitrogen and oxygen atoms in total. The molecule has 6 heteroatoms. The van der Waals surface area contributed by atoms with Crippen molar-refractivity contribution in [2.45, 2.75) is 10.6 Å². The molecule has 1 aromatic heterocycles. The number of ether oxygens (including phenoxy) is 1.